The van der Waals surface area contributed by atoms with Crippen LogP contribution >= 0.6 is 0 Å². The summed E-state index contributed by atoms with van der Waals surface area (Å²) in [5.41, 5.74) is 5.26. The van der Waals surface area contributed by atoms with Gasteiger partial charge in [0.2, 0.25) is 17.7 Å². The van der Waals surface area contributed by atoms with Gasteiger partial charge in [0.1, 0.15) is 6.04 Å². The highest BCUT2D eigenvalue weighted by Gasteiger charge is 2.18. The summed E-state index contributed by atoms with van der Waals surface area (Å²) in [7, 11) is 0. The van der Waals surface area contributed by atoms with Crippen LogP contribution in [0.15, 0.2) is 0 Å². The van der Waals surface area contributed by atoms with Crippen molar-refractivity contribution < 1.29 is 29.4 Å². The Morgan fingerprint density at radius 1 is 1.10 bits per heavy atom. The molecule has 0 aromatic carbocycles. The van der Waals surface area contributed by atoms with E-state index in [1.165, 1.54) is 6.92 Å². The number of aliphatic carboxylic acids is 1. The third-order valence-corrected chi connectivity index (χ3v) is 2.10. The standard InChI is InChI=1S/C10H18N4O6/c1-5(11)9(18)13-2-7(16)12-3-8(17)14-6(4-15)10(19)20/h5-6,15H,2-4,11H2,1H3,(H,12,16)(H,13,18)(H,14,17)(H,19,20). The minimum absolute atomic E-state index is 0.351. The lowest BCUT2D eigenvalue weighted by atomic mass is 10.3. The number of hydrogen-bond acceptors (Lipinski definition) is 6. The second-order valence-electron chi connectivity index (χ2n) is 3.92. The first-order chi connectivity index (χ1) is 9.27. The van der Waals surface area contributed by atoms with E-state index in [1.807, 2.05) is 5.32 Å². The van der Waals surface area contributed by atoms with Crippen LogP contribution in [-0.2, 0) is 19.2 Å². The first kappa shape index (κ1) is 17.8. The van der Waals surface area contributed by atoms with Gasteiger partial charge in [-0.1, -0.05) is 0 Å². The summed E-state index contributed by atoms with van der Waals surface area (Å²) in [6, 6.07) is -2.19. The Morgan fingerprint density at radius 2 is 1.65 bits per heavy atom. The molecule has 0 saturated carbocycles. The van der Waals surface area contributed by atoms with Gasteiger partial charge in [-0.2, -0.15) is 0 Å². The molecule has 0 heterocycles. The van der Waals surface area contributed by atoms with Gasteiger partial charge >= 0.3 is 5.97 Å². The number of carbonyl (C=O) groups excluding carboxylic acids is 3. The van der Waals surface area contributed by atoms with Crippen LogP contribution in [0.5, 0.6) is 0 Å². The molecular weight excluding hydrogens is 272 g/mol. The van der Waals surface area contributed by atoms with Crippen LogP contribution < -0.4 is 21.7 Å². The van der Waals surface area contributed by atoms with Crippen molar-refractivity contribution in [3.63, 3.8) is 0 Å². The molecule has 2 unspecified atom stereocenters. The van der Waals surface area contributed by atoms with Crippen molar-refractivity contribution in [2.24, 2.45) is 5.73 Å². The first-order valence-electron chi connectivity index (χ1n) is 5.71. The molecule has 0 bridgehead atoms. The van der Waals surface area contributed by atoms with Crippen molar-refractivity contribution in [1.82, 2.24) is 16.0 Å². The maximum atomic E-state index is 11.3. The molecule has 0 radical (unpaired) electrons. The number of carboxylic acid groups (broad SMARTS) is 1. The second-order valence-corrected chi connectivity index (χ2v) is 3.92. The number of aliphatic hydroxyl groups excluding tert-OH is 1. The summed E-state index contributed by atoms with van der Waals surface area (Å²) < 4.78 is 0. The van der Waals surface area contributed by atoms with Gasteiger partial charge in [-0.05, 0) is 6.92 Å². The first-order valence-corrected chi connectivity index (χ1v) is 5.71. The molecule has 0 aliphatic heterocycles. The maximum Gasteiger partial charge on any atom is 0.328 e. The number of hydrogen-bond donors (Lipinski definition) is 6. The average molecular weight is 290 g/mol. The number of nitrogens with one attached hydrogen (secondary N) is 3. The summed E-state index contributed by atoms with van der Waals surface area (Å²) in [5, 5.41) is 23.6. The summed E-state index contributed by atoms with van der Waals surface area (Å²) in [6.07, 6.45) is 0. The molecule has 10 heteroatoms. The largest absolute Gasteiger partial charge is 0.480 e. The second kappa shape index (κ2) is 8.82. The zero-order valence-corrected chi connectivity index (χ0v) is 10.9. The summed E-state index contributed by atoms with van der Waals surface area (Å²) >= 11 is 0. The Bertz CT molecular complexity index is 384. The smallest absolute Gasteiger partial charge is 0.328 e. The summed E-state index contributed by atoms with van der Waals surface area (Å²) in [6.45, 7) is -0.145. The molecule has 114 valence electrons. The van der Waals surface area contributed by atoms with E-state index in [9.17, 15) is 19.2 Å². The van der Waals surface area contributed by atoms with Crippen LogP contribution in [0.25, 0.3) is 0 Å². The van der Waals surface area contributed by atoms with Gasteiger partial charge in [0.05, 0.1) is 25.7 Å². The molecule has 0 saturated heterocycles. The van der Waals surface area contributed by atoms with Crippen molar-refractivity contribution in [3.8, 4) is 0 Å². The van der Waals surface area contributed by atoms with Crippen LogP contribution in [0.2, 0.25) is 0 Å². The van der Waals surface area contributed by atoms with Gasteiger partial charge in [0, 0.05) is 0 Å². The van der Waals surface area contributed by atoms with Crippen molar-refractivity contribution >= 4 is 23.7 Å². The van der Waals surface area contributed by atoms with Gasteiger partial charge in [0.25, 0.3) is 0 Å². The Labute approximate surface area is 114 Å². The number of rotatable bonds is 8. The lowest BCUT2D eigenvalue weighted by molar-refractivity contribution is -0.142. The lowest BCUT2D eigenvalue weighted by Crippen LogP contribution is -2.49. The van der Waals surface area contributed by atoms with Crippen molar-refractivity contribution in [3.05, 3.63) is 0 Å². The molecule has 0 aliphatic carbocycles. The van der Waals surface area contributed by atoms with Crippen LogP contribution in [0, 0.1) is 0 Å². The fourth-order valence-corrected chi connectivity index (χ4v) is 1.00. The molecular formula is C10H18N4O6. The highest BCUT2D eigenvalue weighted by atomic mass is 16.4. The molecule has 0 rings (SSSR count). The highest BCUT2D eigenvalue weighted by Crippen LogP contribution is 1.82. The predicted molar refractivity (Wildman–Crippen MR) is 66.3 cm³/mol. The highest BCUT2D eigenvalue weighted by molar-refractivity contribution is 5.90. The van der Waals surface area contributed by atoms with Crippen molar-refractivity contribution in [2.45, 2.75) is 19.0 Å². The molecule has 0 fully saturated rings. The van der Waals surface area contributed by atoms with E-state index >= 15 is 0 Å². The van der Waals surface area contributed by atoms with Gasteiger partial charge in [-0.25, -0.2) is 4.79 Å². The van der Waals surface area contributed by atoms with Gasteiger partial charge in [-0.3, -0.25) is 14.4 Å². The lowest BCUT2D eigenvalue weighted by Gasteiger charge is -2.12. The summed E-state index contributed by atoms with van der Waals surface area (Å²) in [5.74, 6) is -3.32. The van der Waals surface area contributed by atoms with Crippen molar-refractivity contribution in [2.75, 3.05) is 19.7 Å². The van der Waals surface area contributed by atoms with E-state index < -0.39 is 48.9 Å². The fraction of sp³-hybridized carbons (Fsp3) is 0.600. The van der Waals surface area contributed by atoms with Crippen LogP contribution in [0.4, 0.5) is 0 Å². The zero-order chi connectivity index (χ0) is 15.7. The van der Waals surface area contributed by atoms with E-state index in [2.05, 4.69) is 10.6 Å². The molecule has 2 atom stereocenters. The molecule has 20 heavy (non-hydrogen) atoms. The quantitative estimate of drug-likeness (QED) is 0.265. The van der Waals surface area contributed by atoms with Gasteiger partial charge in [-0.15, -0.1) is 0 Å². The van der Waals surface area contributed by atoms with Crippen LogP contribution in [0.3, 0.4) is 0 Å². The molecule has 0 aromatic heterocycles. The topological polar surface area (TPSA) is 171 Å². The minimum Gasteiger partial charge on any atom is -0.480 e. The molecule has 0 spiro atoms. The van der Waals surface area contributed by atoms with E-state index in [-0.39, 0.29) is 6.54 Å². The number of carboxylic acids is 1. The predicted octanol–water partition coefficient (Wildman–Crippen LogP) is -3.87. The van der Waals surface area contributed by atoms with Gasteiger partial charge in [0.15, 0.2) is 0 Å². The molecule has 0 aliphatic rings. The summed E-state index contributed by atoms with van der Waals surface area (Å²) in [4.78, 5) is 44.1. The third kappa shape index (κ3) is 7.28. The maximum absolute atomic E-state index is 11.3. The normalized spacial score (nSPS) is 12.9. The molecule has 0 aromatic rings. The number of amides is 3. The Balaban J connectivity index is 3.98. The monoisotopic (exact) mass is 290 g/mol. The average Bonchev–Trinajstić information content (AvgIpc) is 2.38. The third-order valence-electron chi connectivity index (χ3n) is 2.10. The van der Waals surface area contributed by atoms with E-state index in [4.69, 9.17) is 15.9 Å². The Morgan fingerprint density at radius 3 is 2.10 bits per heavy atom. The Kier molecular flexibility index (Phi) is 7.85. The van der Waals surface area contributed by atoms with Crippen LogP contribution in [-0.4, -0.2) is 65.7 Å². The SMILES string of the molecule is CC(N)C(=O)NCC(=O)NCC(=O)NC(CO)C(=O)O. The van der Waals surface area contributed by atoms with Crippen LogP contribution in [0.1, 0.15) is 6.92 Å². The Hall–Kier alpha value is -2.20. The number of nitrogens with two attached hydrogens (primary N) is 1. The number of aliphatic hydroxyl groups is 1. The molecule has 3 amide bonds. The molecule has 10 nitrogen and oxygen atoms in total. The van der Waals surface area contributed by atoms with E-state index in [1.54, 1.807) is 0 Å². The minimum atomic E-state index is -1.43. The fourth-order valence-electron chi connectivity index (χ4n) is 1.00. The van der Waals surface area contributed by atoms with Gasteiger partial charge < -0.3 is 31.9 Å². The van der Waals surface area contributed by atoms with E-state index in [0.29, 0.717) is 0 Å². The zero-order valence-electron chi connectivity index (χ0n) is 10.9. The van der Waals surface area contributed by atoms with Crippen molar-refractivity contribution in [1.29, 1.82) is 0 Å². The van der Waals surface area contributed by atoms with E-state index in [0.717, 1.165) is 0 Å². The molecule has 7 N–H and O–H groups in total. The number of carbonyl (C=O) groups is 4.